The lowest BCUT2D eigenvalue weighted by Gasteiger charge is -2.11. The second-order valence-electron chi connectivity index (χ2n) is 3.27. The topological polar surface area (TPSA) is 35.0 Å². The highest BCUT2D eigenvalue weighted by molar-refractivity contribution is 6.34. The van der Waals surface area contributed by atoms with Crippen molar-refractivity contribution in [3.05, 3.63) is 21.7 Å². The predicted molar refractivity (Wildman–Crippen MR) is 61.5 cm³/mol. The summed E-state index contributed by atoms with van der Waals surface area (Å²) in [5.41, 5.74) is 0.813. The van der Waals surface area contributed by atoms with Gasteiger partial charge in [0, 0.05) is 12.7 Å². The van der Waals surface area contributed by atoms with Gasteiger partial charge < -0.3 is 4.74 Å². The van der Waals surface area contributed by atoms with Crippen molar-refractivity contribution < 1.29 is 4.74 Å². The highest BCUT2D eigenvalue weighted by Crippen LogP contribution is 2.25. The van der Waals surface area contributed by atoms with Crippen molar-refractivity contribution in [3.63, 3.8) is 0 Å². The highest BCUT2D eigenvalue weighted by Gasteiger charge is 2.14. The van der Waals surface area contributed by atoms with Crippen molar-refractivity contribution in [1.82, 2.24) is 9.97 Å². The lowest BCUT2D eigenvalue weighted by molar-refractivity contribution is 0.112. The van der Waals surface area contributed by atoms with E-state index in [2.05, 4.69) is 16.9 Å². The molecule has 1 aromatic heterocycles. The minimum atomic E-state index is -0.198. The summed E-state index contributed by atoms with van der Waals surface area (Å²) < 4.78 is 5.10. The quantitative estimate of drug-likeness (QED) is 0.766. The standard InChI is InChI=1S/C10H14Cl2N2O/c1-4-5-7-8(11)13-10(6(2)15-3)14-9(7)12/h6H,4-5H2,1-3H3. The van der Waals surface area contributed by atoms with Crippen LogP contribution in [0.3, 0.4) is 0 Å². The van der Waals surface area contributed by atoms with Crippen molar-refractivity contribution in [2.45, 2.75) is 32.8 Å². The molecule has 0 N–H and O–H groups in total. The van der Waals surface area contributed by atoms with Gasteiger partial charge in [-0.3, -0.25) is 0 Å². The van der Waals surface area contributed by atoms with Crippen molar-refractivity contribution in [2.75, 3.05) is 7.11 Å². The van der Waals surface area contributed by atoms with Crippen LogP contribution >= 0.6 is 23.2 Å². The van der Waals surface area contributed by atoms with E-state index in [1.165, 1.54) is 0 Å². The molecule has 1 unspecified atom stereocenters. The van der Waals surface area contributed by atoms with Crippen LogP contribution in [0.2, 0.25) is 10.3 Å². The molecular weight excluding hydrogens is 235 g/mol. The van der Waals surface area contributed by atoms with Crippen molar-refractivity contribution >= 4 is 23.2 Å². The van der Waals surface area contributed by atoms with E-state index < -0.39 is 0 Å². The summed E-state index contributed by atoms with van der Waals surface area (Å²) in [6.45, 7) is 3.90. The van der Waals surface area contributed by atoms with Crippen LogP contribution in [-0.2, 0) is 11.2 Å². The van der Waals surface area contributed by atoms with Crippen LogP contribution in [0.1, 0.15) is 37.8 Å². The third kappa shape index (κ3) is 3.03. The van der Waals surface area contributed by atoms with Gasteiger partial charge in [0.15, 0.2) is 5.82 Å². The van der Waals surface area contributed by atoms with E-state index in [0.29, 0.717) is 16.1 Å². The van der Waals surface area contributed by atoms with Crippen LogP contribution in [0.5, 0.6) is 0 Å². The van der Waals surface area contributed by atoms with E-state index >= 15 is 0 Å². The minimum Gasteiger partial charge on any atom is -0.374 e. The first-order valence-corrected chi connectivity index (χ1v) is 5.60. The summed E-state index contributed by atoms with van der Waals surface area (Å²) in [6, 6.07) is 0. The zero-order valence-electron chi connectivity index (χ0n) is 9.05. The van der Waals surface area contributed by atoms with Crippen LogP contribution in [0.4, 0.5) is 0 Å². The summed E-state index contributed by atoms with van der Waals surface area (Å²) in [6.07, 6.45) is 1.55. The molecule has 15 heavy (non-hydrogen) atoms. The van der Waals surface area contributed by atoms with Gasteiger partial charge in [0.05, 0.1) is 0 Å². The molecule has 5 heteroatoms. The average Bonchev–Trinajstić information content (AvgIpc) is 2.22. The summed E-state index contributed by atoms with van der Waals surface area (Å²) >= 11 is 12.0. The first-order chi connectivity index (χ1) is 7.10. The molecule has 0 radical (unpaired) electrons. The van der Waals surface area contributed by atoms with Crippen molar-refractivity contribution in [2.24, 2.45) is 0 Å². The maximum Gasteiger partial charge on any atom is 0.160 e. The van der Waals surface area contributed by atoms with Crippen LogP contribution in [0.25, 0.3) is 0 Å². The van der Waals surface area contributed by atoms with Gasteiger partial charge in [-0.1, -0.05) is 36.5 Å². The highest BCUT2D eigenvalue weighted by atomic mass is 35.5. The maximum absolute atomic E-state index is 6.02. The van der Waals surface area contributed by atoms with Gasteiger partial charge in [0.25, 0.3) is 0 Å². The van der Waals surface area contributed by atoms with E-state index in [1.807, 2.05) is 6.92 Å². The van der Waals surface area contributed by atoms with Crippen molar-refractivity contribution in [3.8, 4) is 0 Å². The second-order valence-corrected chi connectivity index (χ2v) is 3.99. The Kier molecular flexibility index (Phi) is 4.77. The Morgan fingerprint density at radius 2 is 1.80 bits per heavy atom. The maximum atomic E-state index is 6.02. The van der Waals surface area contributed by atoms with Gasteiger partial charge in [0.2, 0.25) is 0 Å². The largest absolute Gasteiger partial charge is 0.374 e. The number of halogens is 2. The number of ether oxygens (including phenoxy) is 1. The second kappa shape index (κ2) is 5.64. The Morgan fingerprint density at radius 1 is 1.27 bits per heavy atom. The molecule has 0 aromatic carbocycles. The molecule has 1 aromatic rings. The van der Waals surface area contributed by atoms with E-state index in [0.717, 1.165) is 18.4 Å². The zero-order valence-corrected chi connectivity index (χ0v) is 10.6. The SMILES string of the molecule is CCCc1c(Cl)nc(C(C)OC)nc1Cl. The number of hydrogen-bond donors (Lipinski definition) is 0. The number of rotatable bonds is 4. The monoisotopic (exact) mass is 248 g/mol. The minimum absolute atomic E-state index is 0.198. The van der Waals surface area contributed by atoms with Gasteiger partial charge in [-0.15, -0.1) is 0 Å². The van der Waals surface area contributed by atoms with Gasteiger partial charge in [-0.05, 0) is 13.3 Å². The van der Waals surface area contributed by atoms with E-state index in [9.17, 15) is 0 Å². The fourth-order valence-corrected chi connectivity index (χ4v) is 1.78. The van der Waals surface area contributed by atoms with Gasteiger partial charge in [-0.25, -0.2) is 9.97 Å². The molecule has 1 rings (SSSR count). The Morgan fingerprint density at radius 3 is 2.20 bits per heavy atom. The van der Waals surface area contributed by atoms with Gasteiger partial charge in [-0.2, -0.15) is 0 Å². The molecule has 0 amide bonds. The Bertz CT molecular complexity index is 321. The third-order valence-electron chi connectivity index (χ3n) is 2.14. The molecule has 1 atom stereocenters. The van der Waals surface area contributed by atoms with Gasteiger partial charge in [0.1, 0.15) is 16.4 Å². The van der Waals surface area contributed by atoms with Crippen molar-refractivity contribution in [1.29, 1.82) is 0 Å². The molecule has 0 aliphatic carbocycles. The fraction of sp³-hybridized carbons (Fsp3) is 0.600. The van der Waals surface area contributed by atoms with Gasteiger partial charge >= 0.3 is 0 Å². The average molecular weight is 249 g/mol. The molecule has 0 saturated heterocycles. The summed E-state index contributed by atoms with van der Waals surface area (Å²) in [5.74, 6) is 0.521. The lowest BCUT2D eigenvalue weighted by Crippen LogP contribution is -2.05. The summed E-state index contributed by atoms with van der Waals surface area (Å²) in [5, 5.41) is 0.853. The summed E-state index contributed by atoms with van der Waals surface area (Å²) in [4.78, 5) is 8.34. The summed E-state index contributed by atoms with van der Waals surface area (Å²) in [7, 11) is 1.59. The zero-order chi connectivity index (χ0) is 11.4. The van der Waals surface area contributed by atoms with E-state index in [-0.39, 0.29) is 6.10 Å². The molecule has 0 bridgehead atoms. The number of nitrogens with zero attached hydrogens (tertiary/aromatic N) is 2. The number of methoxy groups -OCH3 is 1. The molecule has 0 saturated carbocycles. The van der Waals surface area contributed by atoms with E-state index in [4.69, 9.17) is 27.9 Å². The molecule has 0 spiro atoms. The predicted octanol–water partition coefficient (Wildman–Crippen LogP) is 3.44. The molecule has 0 aliphatic heterocycles. The molecule has 0 fully saturated rings. The molecule has 0 aliphatic rings. The molecule has 84 valence electrons. The Labute approximate surface area is 99.8 Å². The smallest absolute Gasteiger partial charge is 0.160 e. The molecular formula is C10H14Cl2N2O. The number of hydrogen-bond acceptors (Lipinski definition) is 3. The molecule has 3 nitrogen and oxygen atoms in total. The first kappa shape index (κ1) is 12.7. The third-order valence-corrected chi connectivity index (χ3v) is 2.77. The Hall–Kier alpha value is -0.380. The number of aromatic nitrogens is 2. The van der Waals surface area contributed by atoms with Crippen LogP contribution in [-0.4, -0.2) is 17.1 Å². The lowest BCUT2D eigenvalue weighted by atomic mass is 10.2. The van der Waals surface area contributed by atoms with Crippen LogP contribution in [0.15, 0.2) is 0 Å². The molecule has 1 heterocycles. The fourth-order valence-electron chi connectivity index (χ4n) is 1.19. The van der Waals surface area contributed by atoms with E-state index in [1.54, 1.807) is 7.11 Å². The first-order valence-electron chi connectivity index (χ1n) is 4.84. The van der Waals surface area contributed by atoms with Crippen LogP contribution < -0.4 is 0 Å². The Balaban J connectivity index is 3.07. The normalized spacial score (nSPS) is 12.9. The van der Waals surface area contributed by atoms with Crippen LogP contribution in [0, 0.1) is 0 Å².